The third-order valence-corrected chi connectivity index (χ3v) is 5.47. The van der Waals surface area contributed by atoms with Crippen LogP contribution >= 0.6 is 15.9 Å². The summed E-state index contributed by atoms with van der Waals surface area (Å²) in [5.74, 6) is 2.55. The van der Waals surface area contributed by atoms with Crippen molar-refractivity contribution in [3.8, 4) is 17.2 Å². The van der Waals surface area contributed by atoms with Crippen molar-refractivity contribution in [2.75, 3.05) is 25.7 Å². The number of hydrogen-bond acceptors (Lipinski definition) is 3. The molecule has 0 saturated heterocycles. The number of hydrogen-bond donors (Lipinski definition) is 0. The molecule has 2 aromatic carbocycles. The molecule has 0 aliphatic rings. The molecular formula is C24H35BrO3. The fraction of sp³-hybridized carbons (Fsp3) is 0.583. The van der Waals surface area contributed by atoms with Crippen LogP contribution in [0, 0.1) is 0 Å². The third kappa shape index (κ3) is 7.54. The number of alkyl halides is 1. The number of fused-ring (bicyclic) bond motifs is 1. The fourth-order valence-electron chi connectivity index (χ4n) is 3.30. The van der Waals surface area contributed by atoms with E-state index in [4.69, 9.17) is 14.2 Å². The Bertz CT molecular complexity index is 687. The average Bonchev–Trinajstić information content (AvgIpc) is 2.72. The van der Waals surface area contributed by atoms with E-state index in [9.17, 15) is 0 Å². The standard InChI is InChI=1S/C24H35BrO3/c1-3-4-5-7-10-17-27-21-13-14-22-20(19-21)12-15-23(24(22)26-2)28-18-11-8-6-9-16-25/h12-15,19H,3-11,16-18H2,1-2H3. The normalized spacial score (nSPS) is 11.0. The summed E-state index contributed by atoms with van der Waals surface area (Å²) < 4.78 is 17.6. The Morgan fingerprint density at radius 1 is 0.786 bits per heavy atom. The molecule has 0 spiro atoms. The molecule has 0 amide bonds. The largest absolute Gasteiger partial charge is 0.494 e. The van der Waals surface area contributed by atoms with Crippen molar-refractivity contribution in [2.24, 2.45) is 0 Å². The molecule has 156 valence electrons. The maximum atomic E-state index is 5.99. The molecule has 2 rings (SSSR count). The summed E-state index contributed by atoms with van der Waals surface area (Å²) in [6, 6.07) is 10.3. The second kappa shape index (κ2) is 13.7. The summed E-state index contributed by atoms with van der Waals surface area (Å²) in [6.45, 7) is 3.74. The van der Waals surface area contributed by atoms with Crippen LogP contribution in [0.4, 0.5) is 0 Å². The highest BCUT2D eigenvalue weighted by molar-refractivity contribution is 9.09. The number of unbranched alkanes of at least 4 members (excludes halogenated alkanes) is 7. The van der Waals surface area contributed by atoms with E-state index in [-0.39, 0.29) is 0 Å². The highest BCUT2D eigenvalue weighted by atomic mass is 79.9. The van der Waals surface area contributed by atoms with E-state index in [1.54, 1.807) is 7.11 Å². The Labute approximate surface area is 178 Å². The van der Waals surface area contributed by atoms with Gasteiger partial charge in [0.2, 0.25) is 0 Å². The first kappa shape index (κ1) is 22.9. The monoisotopic (exact) mass is 450 g/mol. The molecule has 0 N–H and O–H groups in total. The molecule has 0 unspecified atom stereocenters. The molecule has 2 aromatic rings. The van der Waals surface area contributed by atoms with E-state index in [0.29, 0.717) is 0 Å². The summed E-state index contributed by atoms with van der Waals surface area (Å²) in [6.07, 6.45) is 11.0. The first-order chi connectivity index (χ1) is 13.8. The van der Waals surface area contributed by atoms with Gasteiger partial charge in [0.25, 0.3) is 0 Å². The lowest BCUT2D eigenvalue weighted by Crippen LogP contribution is -2.00. The lowest BCUT2D eigenvalue weighted by molar-refractivity contribution is 0.286. The van der Waals surface area contributed by atoms with Crippen LogP contribution in [-0.2, 0) is 0 Å². The summed E-state index contributed by atoms with van der Waals surface area (Å²) in [7, 11) is 1.71. The second-order valence-corrected chi connectivity index (χ2v) is 7.99. The number of ether oxygens (including phenoxy) is 3. The fourth-order valence-corrected chi connectivity index (χ4v) is 3.70. The molecule has 0 aliphatic heterocycles. The van der Waals surface area contributed by atoms with Gasteiger partial charge in [-0.2, -0.15) is 0 Å². The van der Waals surface area contributed by atoms with E-state index < -0.39 is 0 Å². The Kier molecular flexibility index (Phi) is 11.2. The highest BCUT2D eigenvalue weighted by Gasteiger charge is 2.10. The predicted molar refractivity (Wildman–Crippen MR) is 123 cm³/mol. The number of methoxy groups -OCH3 is 1. The molecule has 0 aliphatic carbocycles. The average molecular weight is 451 g/mol. The molecule has 4 heteroatoms. The maximum Gasteiger partial charge on any atom is 0.168 e. The maximum absolute atomic E-state index is 5.99. The zero-order valence-electron chi connectivity index (χ0n) is 17.5. The van der Waals surface area contributed by atoms with E-state index in [1.165, 1.54) is 44.9 Å². The van der Waals surface area contributed by atoms with Crippen molar-refractivity contribution in [3.63, 3.8) is 0 Å². The van der Waals surface area contributed by atoms with Gasteiger partial charge in [-0.15, -0.1) is 0 Å². The van der Waals surface area contributed by atoms with E-state index in [0.717, 1.165) is 59.4 Å². The van der Waals surface area contributed by atoms with Crippen LogP contribution in [0.5, 0.6) is 17.2 Å². The van der Waals surface area contributed by atoms with Gasteiger partial charge in [0.05, 0.1) is 20.3 Å². The Hall–Kier alpha value is -1.42. The van der Waals surface area contributed by atoms with Gasteiger partial charge in [-0.25, -0.2) is 0 Å². The second-order valence-electron chi connectivity index (χ2n) is 7.19. The molecule has 0 fully saturated rings. The van der Waals surface area contributed by atoms with Crippen molar-refractivity contribution < 1.29 is 14.2 Å². The summed E-state index contributed by atoms with van der Waals surface area (Å²) in [5.41, 5.74) is 0. The lowest BCUT2D eigenvalue weighted by Gasteiger charge is -2.14. The van der Waals surface area contributed by atoms with Crippen LogP contribution < -0.4 is 14.2 Å². The first-order valence-electron chi connectivity index (χ1n) is 10.7. The summed E-state index contributed by atoms with van der Waals surface area (Å²) in [4.78, 5) is 0. The van der Waals surface area contributed by atoms with Gasteiger partial charge in [0.1, 0.15) is 5.75 Å². The van der Waals surface area contributed by atoms with E-state index >= 15 is 0 Å². The summed E-state index contributed by atoms with van der Waals surface area (Å²) >= 11 is 3.47. The Morgan fingerprint density at radius 3 is 2.21 bits per heavy atom. The van der Waals surface area contributed by atoms with Crippen molar-refractivity contribution in [3.05, 3.63) is 30.3 Å². The zero-order valence-corrected chi connectivity index (χ0v) is 19.1. The van der Waals surface area contributed by atoms with Crippen LogP contribution in [0.25, 0.3) is 10.8 Å². The quantitative estimate of drug-likeness (QED) is 0.207. The molecule has 0 heterocycles. The SMILES string of the molecule is CCCCCCCOc1ccc2c(OC)c(OCCCCCCBr)ccc2c1. The van der Waals surface area contributed by atoms with Crippen molar-refractivity contribution >= 4 is 26.7 Å². The molecule has 0 atom stereocenters. The van der Waals surface area contributed by atoms with Crippen LogP contribution in [0.15, 0.2) is 30.3 Å². The zero-order chi connectivity index (χ0) is 20.0. The van der Waals surface area contributed by atoms with E-state index in [2.05, 4.69) is 41.1 Å². The number of rotatable bonds is 15. The smallest absolute Gasteiger partial charge is 0.168 e. The molecule has 0 saturated carbocycles. The predicted octanol–water partition coefficient (Wildman–Crippen LogP) is 7.53. The van der Waals surface area contributed by atoms with Gasteiger partial charge < -0.3 is 14.2 Å². The molecule has 0 radical (unpaired) electrons. The molecule has 0 bridgehead atoms. The Morgan fingerprint density at radius 2 is 1.50 bits per heavy atom. The van der Waals surface area contributed by atoms with Gasteiger partial charge in [0.15, 0.2) is 11.5 Å². The van der Waals surface area contributed by atoms with Crippen LogP contribution in [0.2, 0.25) is 0 Å². The van der Waals surface area contributed by atoms with Gasteiger partial charge in [-0.3, -0.25) is 0 Å². The van der Waals surface area contributed by atoms with Gasteiger partial charge >= 0.3 is 0 Å². The van der Waals surface area contributed by atoms with Gasteiger partial charge in [-0.05, 0) is 48.9 Å². The lowest BCUT2D eigenvalue weighted by atomic mass is 10.1. The van der Waals surface area contributed by atoms with Crippen molar-refractivity contribution in [1.29, 1.82) is 0 Å². The van der Waals surface area contributed by atoms with Crippen molar-refractivity contribution in [2.45, 2.75) is 64.7 Å². The minimum absolute atomic E-state index is 0.726. The van der Waals surface area contributed by atoms with Crippen LogP contribution in [0.1, 0.15) is 64.7 Å². The summed E-state index contributed by atoms with van der Waals surface area (Å²) in [5, 5.41) is 3.26. The molecule has 28 heavy (non-hydrogen) atoms. The minimum atomic E-state index is 0.726. The Balaban J connectivity index is 1.91. The minimum Gasteiger partial charge on any atom is -0.494 e. The first-order valence-corrected chi connectivity index (χ1v) is 11.8. The number of halogens is 1. The van der Waals surface area contributed by atoms with Crippen molar-refractivity contribution in [1.82, 2.24) is 0 Å². The third-order valence-electron chi connectivity index (χ3n) is 4.91. The van der Waals surface area contributed by atoms with Crippen LogP contribution in [0.3, 0.4) is 0 Å². The van der Waals surface area contributed by atoms with E-state index in [1.807, 2.05) is 12.1 Å². The number of benzene rings is 2. The van der Waals surface area contributed by atoms with Gasteiger partial charge in [0, 0.05) is 10.7 Å². The van der Waals surface area contributed by atoms with Gasteiger partial charge in [-0.1, -0.05) is 67.4 Å². The molecule has 3 nitrogen and oxygen atoms in total. The van der Waals surface area contributed by atoms with Crippen LogP contribution in [-0.4, -0.2) is 25.7 Å². The topological polar surface area (TPSA) is 27.7 Å². The molecule has 0 aromatic heterocycles. The highest BCUT2D eigenvalue weighted by Crippen LogP contribution is 2.37. The molecular weight excluding hydrogens is 416 g/mol.